The first-order valence-electron chi connectivity index (χ1n) is 9.11. The van der Waals surface area contributed by atoms with Gasteiger partial charge in [0.25, 0.3) is 0 Å². The van der Waals surface area contributed by atoms with E-state index in [-0.39, 0.29) is 15.8 Å². The molecule has 4 nitrogen and oxygen atoms in total. The molecule has 2 N–H and O–H groups in total. The number of hydrogen-bond donors (Lipinski definition) is 2. The smallest absolute Gasteiger partial charge is 0.175 e. The largest absolute Gasteiger partial charge is 0.505 e. The second-order valence-corrected chi connectivity index (χ2v) is 8.50. The van der Waals surface area contributed by atoms with E-state index in [9.17, 15) is 5.11 Å². The van der Waals surface area contributed by atoms with Crippen molar-refractivity contribution in [3.8, 4) is 17.2 Å². The molecule has 3 aromatic carbocycles. The van der Waals surface area contributed by atoms with Gasteiger partial charge in [-0.2, -0.15) is 0 Å². The summed E-state index contributed by atoms with van der Waals surface area (Å²) >= 11 is 21.6. The summed E-state index contributed by atoms with van der Waals surface area (Å²) in [7, 11) is 0. The van der Waals surface area contributed by atoms with Gasteiger partial charge in [0.1, 0.15) is 6.61 Å². The molecule has 0 amide bonds. The predicted octanol–water partition coefficient (Wildman–Crippen LogP) is 7.70. The third-order valence-electron chi connectivity index (χ3n) is 4.15. The van der Waals surface area contributed by atoms with Gasteiger partial charge in [0.15, 0.2) is 17.2 Å². The van der Waals surface area contributed by atoms with E-state index in [0.29, 0.717) is 42.0 Å². The van der Waals surface area contributed by atoms with E-state index in [4.69, 9.17) is 44.3 Å². The molecule has 0 bridgehead atoms. The van der Waals surface area contributed by atoms with Gasteiger partial charge in [-0.15, -0.1) is 0 Å². The average Bonchev–Trinajstić information content (AvgIpc) is 2.70. The van der Waals surface area contributed by atoms with Crippen LogP contribution in [0.25, 0.3) is 0 Å². The maximum absolute atomic E-state index is 9.69. The van der Waals surface area contributed by atoms with Crippen LogP contribution in [0.1, 0.15) is 18.1 Å². The molecule has 3 aromatic rings. The number of benzene rings is 3. The summed E-state index contributed by atoms with van der Waals surface area (Å²) in [5, 5.41) is 14.0. The zero-order valence-electron chi connectivity index (χ0n) is 16.0. The Balaban J connectivity index is 1.77. The van der Waals surface area contributed by atoms with E-state index in [0.717, 1.165) is 15.6 Å². The van der Waals surface area contributed by atoms with Crippen LogP contribution < -0.4 is 14.8 Å². The van der Waals surface area contributed by atoms with Crippen LogP contribution in [-0.4, -0.2) is 11.7 Å². The number of aromatic hydroxyl groups is 1. The Morgan fingerprint density at radius 2 is 1.70 bits per heavy atom. The molecule has 0 aliphatic heterocycles. The third kappa shape index (κ3) is 5.88. The summed E-state index contributed by atoms with van der Waals surface area (Å²) in [5.74, 6) is 1.12. The van der Waals surface area contributed by atoms with Crippen LogP contribution in [0.4, 0.5) is 5.69 Å². The van der Waals surface area contributed by atoms with Crippen LogP contribution in [-0.2, 0) is 13.2 Å². The highest BCUT2D eigenvalue weighted by Gasteiger charge is 2.13. The van der Waals surface area contributed by atoms with Crippen LogP contribution in [0.5, 0.6) is 17.2 Å². The van der Waals surface area contributed by atoms with Gasteiger partial charge in [0.05, 0.1) is 21.1 Å². The van der Waals surface area contributed by atoms with Crippen molar-refractivity contribution in [2.75, 3.05) is 11.9 Å². The van der Waals surface area contributed by atoms with Crippen LogP contribution >= 0.6 is 50.7 Å². The standard InChI is InChI=1S/C22H19BrCl3NO3/c1-2-29-20-8-14(11-27-16-9-18(25)21(28)19(26)10-16)7-17(23)22(20)30-12-13-4-3-5-15(24)6-13/h3-10,27-28H,2,11-12H2,1H3. The highest BCUT2D eigenvalue weighted by Crippen LogP contribution is 2.38. The summed E-state index contributed by atoms with van der Waals surface area (Å²) in [6.07, 6.45) is 0. The van der Waals surface area contributed by atoms with E-state index in [1.807, 2.05) is 43.3 Å². The van der Waals surface area contributed by atoms with Gasteiger partial charge in [0.2, 0.25) is 0 Å². The summed E-state index contributed by atoms with van der Waals surface area (Å²) in [4.78, 5) is 0. The van der Waals surface area contributed by atoms with Gasteiger partial charge in [0, 0.05) is 17.3 Å². The minimum atomic E-state index is -0.133. The van der Waals surface area contributed by atoms with Crippen molar-refractivity contribution in [2.45, 2.75) is 20.1 Å². The monoisotopic (exact) mass is 529 g/mol. The molecular formula is C22H19BrCl3NO3. The van der Waals surface area contributed by atoms with Crippen molar-refractivity contribution < 1.29 is 14.6 Å². The summed E-state index contributed by atoms with van der Waals surface area (Å²) in [5.41, 5.74) is 2.61. The van der Waals surface area contributed by atoms with Crippen LogP contribution in [0.15, 0.2) is 53.0 Å². The Kier molecular flexibility index (Phi) is 8.00. The average molecular weight is 532 g/mol. The minimum Gasteiger partial charge on any atom is -0.505 e. The Bertz CT molecular complexity index is 1020. The molecule has 0 aliphatic rings. The predicted molar refractivity (Wildman–Crippen MR) is 127 cm³/mol. The molecule has 8 heteroatoms. The fraction of sp³-hybridized carbons (Fsp3) is 0.182. The van der Waals surface area contributed by atoms with Crippen molar-refractivity contribution in [1.82, 2.24) is 0 Å². The molecule has 30 heavy (non-hydrogen) atoms. The zero-order chi connectivity index (χ0) is 21.7. The number of hydrogen-bond acceptors (Lipinski definition) is 4. The molecule has 0 saturated carbocycles. The first kappa shape index (κ1) is 22.9. The molecule has 0 radical (unpaired) electrons. The molecule has 0 saturated heterocycles. The number of phenolic OH excluding ortho intramolecular Hbond substituents is 1. The topological polar surface area (TPSA) is 50.7 Å². The quantitative estimate of drug-likeness (QED) is 0.293. The maximum atomic E-state index is 9.69. The summed E-state index contributed by atoms with van der Waals surface area (Å²) < 4.78 is 12.6. The van der Waals surface area contributed by atoms with Gasteiger partial charge in [-0.05, 0) is 70.4 Å². The number of rotatable bonds is 8. The lowest BCUT2D eigenvalue weighted by Gasteiger charge is -2.16. The van der Waals surface area contributed by atoms with Gasteiger partial charge in [-0.1, -0.05) is 46.9 Å². The molecule has 0 heterocycles. The van der Waals surface area contributed by atoms with Gasteiger partial charge < -0.3 is 19.9 Å². The van der Waals surface area contributed by atoms with E-state index in [1.165, 1.54) is 0 Å². The molecule has 3 rings (SSSR count). The zero-order valence-corrected chi connectivity index (χ0v) is 19.9. The fourth-order valence-corrected chi connectivity index (χ4v) is 4.08. The SMILES string of the molecule is CCOc1cc(CNc2cc(Cl)c(O)c(Cl)c2)cc(Br)c1OCc1cccc(Cl)c1. The van der Waals surface area contributed by atoms with E-state index in [2.05, 4.69) is 21.2 Å². The second-order valence-electron chi connectivity index (χ2n) is 6.40. The lowest BCUT2D eigenvalue weighted by Crippen LogP contribution is -2.04. The fourth-order valence-electron chi connectivity index (χ4n) is 2.78. The van der Waals surface area contributed by atoms with Gasteiger partial charge >= 0.3 is 0 Å². The van der Waals surface area contributed by atoms with Crippen molar-refractivity contribution in [3.63, 3.8) is 0 Å². The number of phenols is 1. The van der Waals surface area contributed by atoms with E-state index in [1.54, 1.807) is 12.1 Å². The molecule has 0 fully saturated rings. The van der Waals surface area contributed by atoms with Crippen molar-refractivity contribution in [3.05, 3.63) is 79.2 Å². The molecule has 0 aromatic heterocycles. The van der Waals surface area contributed by atoms with Crippen molar-refractivity contribution in [1.29, 1.82) is 0 Å². The molecule has 0 aliphatic carbocycles. The highest BCUT2D eigenvalue weighted by atomic mass is 79.9. The Morgan fingerprint density at radius 1 is 0.967 bits per heavy atom. The number of anilines is 1. The molecule has 158 valence electrons. The van der Waals surface area contributed by atoms with Gasteiger partial charge in [-0.25, -0.2) is 0 Å². The number of nitrogens with one attached hydrogen (secondary N) is 1. The van der Waals surface area contributed by atoms with Crippen LogP contribution in [0.3, 0.4) is 0 Å². The molecule has 0 spiro atoms. The van der Waals surface area contributed by atoms with Crippen LogP contribution in [0.2, 0.25) is 15.1 Å². The van der Waals surface area contributed by atoms with E-state index >= 15 is 0 Å². The minimum absolute atomic E-state index is 0.133. The normalized spacial score (nSPS) is 10.7. The lowest BCUT2D eigenvalue weighted by molar-refractivity contribution is 0.267. The molecule has 0 unspecified atom stereocenters. The maximum Gasteiger partial charge on any atom is 0.175 e. The lowest BCUT2D eigenvalue weighted by atomic mass is 10.2. The molecular weight excluding hydrogens is 513 g/mol. The summed E-state index contributed by atoms with van der Waals surface area (Å²) in [6.45, 7) is 3.27. The van der Waals surface area contributed by atoms with Crippen molar-refractivity contribution >= 4 is 56.4 Å². The third-order valence-corrected chi connectivity index (χ3v) is 5.56. The van der Waals surface area contributed by atoms with Gasteiger partial charge in [-0.3, -0.25) is 0 Å². The van der Waals surface area contributed by atoms with E-state index < -0.39 is 0 Å². The first-order chi connectivity index (χ1) is 14.4. The Morgan fingerprint density at radius 3 is 2.37 bits per heavy atom. The highest BCUT2D eigenvalue weighted by molar-refractivity contribution is 9.10. The Hall–Kier alpha value is -1.79. The second kappa shape index (κ2) is 10.5. The number of halogens is 4. The Labute approximate surface area is 198 Å². The molecule has 0 atom stereocenters. The summed E-state index contributed by atoms with van der Waals surface area (Å²) in [6, 6.07) is 14.6. The first-order valence-corrected chi connectivity index (χ1v) is 11.0. The number of ether oxygens (including phenoxy) is 2. The van der Waals surface area contributed by atoms with Crippen molar-refractivity contribution in [2.24, 2.45) is 0 Å². The van der Waals surface area contributed by atoms with Crippen LogP contribution in [0, 0.1) is 0 Å².